The summed E-state index contributed by atoms with van der Waals surface area (Å²) in [5.41, 5.74) is -2.86. The molecule has 1 aromatic carbocycles. The van der Waals surface area contributed by atoms with Crippen molar-refractivity contribution in [1.82, 2.24) is 24.8 Å². The molecule has 0 saturated carbocycles. The molecule has 1 saturated heterocycles. The molecule has 4 aromatic heterocycles. The van der Waals surface area contributed by atoms with Crippen LogP contribution >= 0.6 is 79.6 Å². The molecule has 6 rings (SSSR count). The number of carbonyl (C=O) groups excluding carboxylic acids is 3. The standard InChI is InChI=1S/C13H6BrF4NO.C11H11BrF2N2O2.C9H8BrF2NO2.C5H3Br2N.C2H6/c14-7-1-4-11(19-6-7)13(17,18)12(20)9-3-2-8(15)5-10(9)16;12-8-1-2-9(15-7-8)11(13,14)10(17)16-3-5-18-6-4-16;1-2-15-8(14)9(11,12)7-4-3-6(10)5-13-7;6-4-1-2-5(7)8-3-4;1-2/h1-6H;1-2,7H,3-6H2;3-5H,2H2,1H3;1-3H;1-2H3. The van der Waals surface area contributed by atoms with Crippen molar-refractivity contribution >= 4 is 97.3 Å². The van der Waals surface area contributed by atoms with Gasteiger partial charge in [0.15, 0.2) is 0 Å². The van der Waals surface area contributed by atoms with E-state index in [1.807, 2.05) is 26.0 Å². The molecule has 340 valence electrons. The van der Waals surface area contributed by atoms with Crippen LogP contribution in [-0.4, -0.2) is 75.4 Å². The van der Waals surface area contributed by atoms with Gasteiger partial charge in [-0.25, -0.2) is 18.6 Å². The van der Waals surface area contributed by atoms with Crippen molar-refractivity contribution in [2.45, 2.75) is 38.5 Å². The van der Waals surface area contributed by atoms with Crippen LogP contribution in [0.2, 0.25) is 0 Å². The minimum absolute atomic E-state index is 0.0923. The van der Waals surface area contributed by atoms with Gasteiger partial charge in [0.2, 0.25) is 5.78 Å². The number of amides is 1. The van der Waals surface area contributed by atoms with Gasteiger partial charge in [-0.05, 0) is 147 Å². The van der Waals surface area contributed by atoms with Gasteiger partial charge in [0, 0.05) is 61.8 Å². The molecule has 0 N–H and O–H groups in total. The number of aromatic nitrogens is 4. The first-order valence-electron chi connectivity index (χ1n) is 17.9. The van der Waals surface area contributed by atoms with Crippen LogP contribution in [0.5, 0.6) is 0 Å². The van der Waals surface area contributed by atoms with E-state index in [-0.39, 0.29) is 32.9 Å². The predicted octanol–water partition coefficient (Wildman–Crippen LogP) is 12.0. The van der Waals surface area contributed by atoms with Gasteiger partial charge in [0.1, 0.15) is 33.3 Å². The van der Waals surface area contributed by atoms with E-state index in [1.165, 1.54) is 37.5 Å². The minimum atomic E-state index is -4.00. The lowest BCUT2D eigenvalue weighted by Crippen LogP contribution is -2.47. The monoisotopic (exact) mass is 1210 g/mol. The molecule has 0 bridgehead atoms. The molecule has 0 unspecified atom stereocenters. The van der Waals surface area contributed by atoms with E-state index in [0.717, 1.165) is 44.4 Å². The summed E-state index contributed by atoms with van der Waals surface area (Å²) in [6.45, 7) is 6.31. The van der Waals surface area contributed by atoms with Crippen LogP contribution < -0.4 is 0 Å². The van der Waals surface area contributed by atoms with E-state index in [2.05, 4.69) is 104 Å². The van der Waals surface area contributed by atoms with Crippen molar-refractivity contribution in [3.63, 3.8) is 0 Å². The summed E-state index contributed by atoms with van der Waals surface area (Å²) in [6, 6.07) is 12.9. The number of ketones is 1. The summed E-state index contributed by atoms with van der Waals surface area (Å²) in [4.78, 5) is 49.9. The summed E-state index contributed by atoms with van der Waals surface area (Å²) in [7, 11) is 0. The van der Waals surface area contributed by atoms with E-state index in [0.29, 0.717) is 25.6 Å². The smallest absolute Gasteiger partial charge is 0.384 e. The molecule has 0 atom stereocenters. The minimum Gasteiger partial charge on any atom is -0.461 e. The Kier molecular flexibility index (Phi) is 23.1. The van der Waals surface area contributed by atoms with Gasteiger partial charge in [-0.3, -0.25) is 24.5 Å². The van der Waals surface area contributed by atoms with E-state index in [1.54, 1.807) is 6.20 Å². The van der Waals surface area contributed by atoms with Crippen LogP contribution in [0.1, 0.15) is 48.2 Å². The van der Waals surface area contributed by atoms with Gasteiger partial charge >= 0.3 is 23.7 Å². The fourth-order valence-corrected chi connectivity index (χ4v) is 5.58. The van der Waals surface area contributed by atoms with Crippen molar-refractivity contribution in [3.05, 3.63) is 148 Å². The van der Waals surface area contributed by atoms with Gasteiger partial charge in [-0.2, -0.15) is 26.3 Å². The van der Waals surface area contributed by atoms with Gasteiger partial charge in [0.25, 0.3) is 5.91 Å². The van der Waals surface area contributed by atoms with E-state index >= 15 is 0 Å². The van der Waals surface area contributed by atoms with Crippen molar-refractivity contribution in [3.8, 4) is 0 Å². The average molecular weight is 1220 g/mol. The first-order chi connectivity index (χ1) is 29.6. The van der Waals surface area contributed by atoms with Crippen molar-refractivity contribution in [2.24, 2.45) is 0 Å². The first kappa shape index (κ1) is 55.4. The lowest BCUT2D eigenvalue weighted by atomic mass is 10.0. The molecule has 5 heterocycles. The molecule has 10 nitrogen and oxygen atoms in total. The Hall–Kier alpha value is -3.77. The number of nitrogens with zero attached hydrogens (tertiary/aromatic N) is 5. The van der Waals surface area contributed by atoms with E-state index in [9.17, 15) is 49.5 Å². The second-order valence-corrected chi connectivity index (χ2v) is 16.2. The van der Waals surface area contributed by atoms with Gasteiger partial charge in [0.05, 0.1) is 25.4 Å². The number of ether oxygens (including phenoxy) is 2. The SMILES string of the molecule is Brc1ccc(Br)nc1.CC.CCOC(=O)C(F)(F)c1ccc(Br)cn1.O=C(N1CCOCC1)C(F)(F)c1ccc(Br)cn1.O=C(c1ccc(F)cc1F)C(F)(F)c1ccc(Br)cn1. The van der Waals surface area contributed by atoms with Gasteiger partial charge < -0.3 is 14.4 Å². The third kappa shape index (κ3) is 16.9. The highest BCUT2D eigenvalue weighted by atomic mass is 79.9. The normalized spacial score (nSPS) is 12.3. The first-order valence-corrected chi connectivity index (χ1v) is 21.9. The lowest BCUT2D eigenvalue weighted by Gasteiger charge is -2.29. The highest BCUT2D eigenvalue weighted by molar-refractivity contribution is 9.11. The molecule has 23 heteroatoms. The highest BCUT2D eigenvalue weighted by Crippen LogP contribution is 2.33. The quantitative estimate of drug-likeness (QED) is 0.0646. The van der Waals surface area contributed by atoms with Crippen LogP contribution in [0.25, 0.3) is 0 Å². The Morgan fingerprint density at radius 1 is 0.635 bits per heavy atom. The molecule has 1 fully saturated rings. The zero-order chi connectivity index (χ0) is 47.5. The van der Waals surface area contributed by atoms with Gasteiger partial charge in [-0.1, -0.05) is 13.8 Å². The number of hydrogen-bond donors (Lipinski definition) is 0. The number of Topliss-reactive ketones (excluding diaryl/α,β-unsaturated/α-hetero) is 1. The molecule has 0 aliphatic carbocycles. The number of hydrogen-bond acceptors (Lipinski definition) is 9. The maximum absolute atomic E-state index is 14.0. The maximum Gasteiger partial charge on any atom is 0.384 e. The third-order valence-electron chi connectivity index (χ3n) is 7.40. The second-order valence-electron chi connectivity index (χ2n) is 11.7. The molecule has 63 heavy (non-hydrogen) atoms. The van der Waals surface area contributed by atoms with Gasteiger partial charge in [-0.15, -0.1) is 0 Å². The van der Waals surface area contributed by atoms with Crippen molar-refractivity contribution < 1.29 is 59.0 Å². The Morgan fingerprint density at radius 2 is 1.06 bits per heavy atom. The fourth-order valence-electron chi connectivity index (χ4n) is 4.40. The number of pyridine rings is 4. The topological polar surface area (TPSA) is 124 Å². The number of esters is 1. The van der Waals surface area contributed by atoms with E-state index < -0.39 is 69.7 Å². The Labute approximate surface area is 398 Å². The molecular formula is C40H34Br5F8N5O5. The largest absolute Gasteiger partial charge is 0.461 e. The number of halogens is 13. The molecule has 1 aliphatic rings. The highest BCUT2D eigenvalue weighted by Gasteiger charge is 2.46. The summed E-state index contributed by atoms with van der Waals surface area (Å²) >= 11 is 15.7. The molecule has 1 amide bonds. The van der Waals surface area contributed by atoms with E-state index in [4.69, 9.17) is 4.74 Å². The number of alkyl halides is 6. The Bertz CT molecular complexity index is 2210. The summed E-state index contributed by atoms with van der Waals surface area (Å²) in [5, 5.41) is 0. The predicted molar refractivity (Wildman–Crippen MR) is 233 cm³/mol. The van der Waals surface area contributed by atoms with Crippen LogP contribution in [0.4, 0.5) is 35.1 Å². The molecular weight excluding hydrogens is 1180 g/mol. The zero-order valence-corrected chi connectivity index (χ0v) is 40.8. The number of carbonyl (C=O) groups is 3. The summed E-state index contributed by atoms with van der Waals surface area (Å²) in [5.74, 6) is -18.2. The average Bonchev–Trinajstić information content (AvgIpc) is 3.26. The number of benzene rings is 1. The molecule has 0 spiro atoms. The third-order valence-corrected chi connectivity index (χ3v) is 9.74. The number of morpholine rings is 1. The molecule has 1 aliphatic heterocycles. The zero-order valence-electron chi connectivity index (χ0n) is 32.9. The van der Waals surface area contributed by atoms with Crippen molar-refractivity contribution in [2.75, 3.05) is 32.9 Å². The summed E-state index contributed by atoms with van der Waals surface area (Å²) in [6.07, 6.45) is 5.28. The Morgan fingerprint density at radius 3 is 1.44 bits per heavy atom. The van der Waals surface area contributed by atoms with Crippen LogP contribution in [0, 0.1) is 11.6 Å². The van der Waals surface area contributed by atoms with Crippen LogP contribution in [0.15, 0.2) is 114 Å². The number of rotatable bonds is 8. The molecule has 5 aromatic rings. The second kappa shape index (κ2) is 26.3. The fraction of sp³-hybridized carbons (Fsp3) is 0.275. The Balaban J connectivity index is 0.000000295. The van der Waals surface area contributed by atoms with Crippen LogP contribution in [-0.2, 0) is 36.8 Å². The maximum atomic E-state index is 14.0. The summed E-state index contributed by atoms with van der Waals surface area (Å²) < 4.78 is 121. The van der Waals surface area contributed by atoms with Crippen LogP contribution in [0.3, 0.4) is 0 Å². The molecule has 0 radical (unpaired) electrons. The van der Waals surface area contributed by atoms with Crippen molar-refractivity contribution in [1.29, 1.82) is 0 Å². The lowest BCUT2D eigenvalue weighted by molar-refractivity contribution is -0.173.